The first-order chi connectivity index (χ1) is 8.58. The first-order valence-corrected chi connectivity index (χ1v) is 5.87. The summed E-state index contributed by atoms with van der Waals surface area (Å²) in [6.07, 6.45) is 0.846. The zero-order chi connectivity index (χ0) is 13.5. The van der Waals surface area contributed by atoms with Crippen LogP contribution in [0.3, 0.4) is 0 Å². The lowest BCUT2D eigenvalue weighted by atomic mass is 10.1. The highest BCUT2D eigenvalue weighted by Crippen LogP contribution is 2.19. The SMILES string of the molecule is COc1ccccc1CC(C)N(C)CC(N)=NO. The second-order valence-corrected chi connectivity index (χ2v) is 4.37. The van der Waals surface area contributed by atoms with Crippen LogP contribution in [0.1, 0.15) is 12.5 Å². The monoisotopic (exact) mass is 251 g/mol. The van der Waals surface area contributed by atoms with Crippen LogP contribution in [-0.4, -0.2) is 42.7 Å². The lowest BCUT2D eigenvalue weighted by molar-refractivity contribution is 0.276. The van der Waals surface area contributed by atoms with E-state index >= 15 is 0 Å². The number of ether oxygens (including phenoxy) is 1. The largest absolute Gasteiger partial charge is 0.496 e. The Bertz CT molecular complexity index is 407. The number of nitrogens with two attached hydrogens (primary N) is 1. The summed E-state index contributed by atoms with van der Waals surface area (Å²) in [5.74, 6) is 1.10. The van der Waals surface area contributed by atoms with E-state index in [0.29, 0.717) is 6.54 Å². The van der Waals surface area contributed by atoms with Gasteiger partial charge in [0.25, 0.3) is 0 Å². The second kappa shape index (κ2) is 6.86. The Morgan fingerprint density at radius 3 is 2.78 bits per heavy atom. The third kappa shape index (κ3) is 3.92. The summed E-state index contributed by atoms with van der Waals surface area (Å²) in [7, 11) is 3.61. The van der Waals surface area contributed by atoms with Crippen molar-refractivity contribution in [3.63, 3.8) is 0 Å². The van der Waals surface area contributed by atoms with Crippen molar-refractivity contribution in [1.82, 2.24) is 4.90 Å². The quantitative estimate of drug-likeness (QED) is 0.346. The number of benzene rings is 1. The fraction of sp³-hybridized carbons (Fsp3) is 0.462. The summed E-state index contributed by atoms with van der Waals surface area (Å²) < 4.78 is 5.32. The molecule has 1 rings (SSSR count). The van der Waals surface area contributed by atoms with E-state index in [4.69, 9.17) is 15.7 Å². The van der Waals surface area contributed by atoms with E-state index in [2.05, 4.69) is 12.1 Å². The molecule has 5 nitrogen and oxygen atoms in total. The van der Waals surface area contributed by atoms with Gasteiger partial charge in [0.05, 0.1) is 13.7 Å². The van der Waals surface area contributed by atoms with Crippen molar-refractivity contribution in [2.24, 2.45) is 10.9 Å². The average Bonchev–Trinajstić information content (AvgIpc) is 2.39. The van der Waals surface area contributed by atoms with Crippen LogP contribution in [0.15, 0.2) is 29.4 Å². The minimum Gasteiger partial charge on any atom is -0.496 e. The van der Waals surface area contributed by atoms with Gasteiger partial charge in [-0.1, -0.05) is 23.4 Å². The predicted octanol–water partition coefficient (Wildman–Crippen LogP) is 1.30. The van der Waals surface area contributed by atoms with Crippen molar-refractivity contribution in [3.05, 3.63) is 29.8 Å². The Labute approximate surface area is 108 Å². The summed E-state index contributed by atoms with van der Waals surface area (Å²) in [6.45, 7) is 2.53. The van der Waals surface area contributed by atoms with Crippen LogP contribution >= 0.6 is 0 Å². The van der Waals surface area contributed by atoms with Gasteiger partial charge in [-0.3, -0.25) is 4.90 Å². The third-order valence-corrected chi connectivity index (χ3v) is 3.00. The number of rotatable bonds is 6. The molecule has 0 spiro atoms. The molecule has 1 aromatic carbocycles. The number of likely N-dealkylation sites (N-methyl/N-ethyl adjacent to an activating group) is 1. The maximum atomic E-state index is 8.55. The first-order valence-electron chi connectivity index (χ1n) is 5.87. The van der Waals surface area contributed by atoms with Gasteiger partial charge in [0, 0.05) is 6.04 Å². The molecule has 0 saturated heterocycles. The zero-order valence-electron chi connectivity index (χ0n) is 11.1. The van der Waals surface area contributed by atoms with Crippen LogP contribution in [0.5, 0.6) is 5.75 Å². The average molecular weight is 251 g/mol. The fourth-order valence-corrected chi connectivity index (χ4v) is 1.79. The molecular weight excluding hydrogens is 230 g/mol. The molecule has 0 aromatic heterocycles. The minimum atomic E-state index is 0.212. The normalized spacial score (nSPS) is 13.7. The van der Waals surface area contributed by atoms with Crippen LogP contribution < -0.4 is 10.5 Å². The topological polar surface area (TPSA) is 71.1 Å². The molecule has 5 heteroatoms. The van der Waals surface area contributed by atoms with Crippen LogP contribution in [0.2, 0.25) is 0 Å². The molecule has 100 valence electrons. The van der Waals surface area contributed by atoms with Gasteiger partial charge in [-0.2, -0.15) is 0 Å². The van der Waals surface area contributed by atoms with E-state index < -0.39 is 0 Å². The zero-order valence-corrected chi connectivity index (χ0v) is 11.1. The van der Waals surface area contributed by atoms with Crippen molar-refractivity contribution in [1.29, 1.82) is 0 Å². The Morgan fingerprint density at radius 2 is 2.17 bits per heavy atom. The summed E-state index contributed by atoms with van der Waals surface area (Å²) in [4.78, 5) is 2.03. The van der Waals surface area contributed by atoms with E-state index in [1.807, 2.05) is 36.2 Å². The third-order valence-electron chi connectivity index (χ3n) is 3.00. The van der Waals surface area contributed by atoms with Gasteiger partial charge in [-0.15, -0.1) is 0 Å². The van der Waals surface area contributed by atoms with Crippen LogP contribution in [0.4, 0.5) is 0 Å². The molecule has 0 fully saturated rings. The van der Waals surface area contributed by atoms with Crippen molar-refractivity contribution in [2.75, 3.05) is 20.7 Å². The van der Waals surface area contributed by atoms with Gasteiger partial charge in [0.1, 0.15) is 5.75 Å². The van der Waals surface area contributed by atoms with Crippen molar-refractivity contribution in [3.8, 4) is 5.75 Å². The van der Waals surface area contributed by atoms with E-state index in [1.165, 1.54) is 0 Å². The molecule has 0 amide bonds. The van der Waals surface area contributed by atoms with Gasteiger partial charge in [-0.25, -0.2) is 0 Å². The molecule has 1 aromatic rings. The number of oxime groups is 1. The molecule has 0 aliphatic carbocycles. The Kier molecular flexibility index (Phi) is 5.45. The Morgan fingerprint density at radius 1 is 1.50 bits per heavy atom. The Balaban J connectivity index is 2.66. The molecule has 0 heterocycles. The lowest BCUT2D eigenvalue weighted by Crippen LogP contribution is -2.38. The lowest BCUT2D eigenvalue weighted by Gasteiger charge is -2.24. The Hall–Kier alpha value is -1.75. The highest BCUT2D eigenvalue weighted by molar-refractivity contribution is 5.81. The molecule has 18 heavy (non-hydrogen) atoms. The van der Waals surface area contributed by atoms with Gasteiger partial charge >= 0.3 is 0 Å². The molecule has 0 saturated carbocycles. The van der Waals surface area contributed by atoms with E-state index in [9.17, 15) is 0 Å². The van der Waals surface area contributed by atoms with Crippen molar-refractivity contribution < 1.29 is 9.94 Å². The summed E-state index contributed by atoms with van der Waals surface area (Å²) in [5, 5.41) is 11.5. The van der Waals surface area contributed by atoms with Crippen LogP contribution in [-0.2, 0) is 6.42 Å². The molecule has 3 N–H and O–H groups in total. The maximum Gasteiger partial charge on any atom is 0.153 e. The van der Waals surface area contributed by atoms with Gasteiger partial charge in [0.15, 0.2) is 5.84 Å². The standard InChI is InChI=1S/C13H21N3O2/c1-10(16(2)9-13(14)15-17)8-11-6-4-5-7-12(11)18-3/h4-7,10,17H,8-9H2,1-3H3,(H2,14,15). The highest BCUT2D eigenvalue weighted by atomic mass is 16.5. The number of methoxy groups -OCH3 is 1. The van der Waals surface area contributed by atoms with Crippen LogP contribution in [0, 0.1) is 0 Å². The van der Waals surface area contributed by atoms with Gasteiger partial charge in [0.2, 0.25) is 0 Å². The molecule has 1 atom stereocenters. The van der Waals surface area contributed by atoms with Crippen LogP contribution in [0.25, 0.3) is 0 Å². The molecular formula is C13H21N3O2. The van der Waals surface area contributed by atoms with Gasteiger partial charge < -0.3 is 15.7 Å². The molecule has 0 aliphatic rings. The summed E-state index contributed by atoms with van der Waals surface area (Å²) in [6, 6.07) is 8.21. The number of nitrogens with zero attached hydrogens (tertiary/aromatic N) is 2. The number of amidine groups is 1. The molecule has 1 unspecified atom stereocenters. The van der Waals surface area contributed by atoms with Crippen molar-refractivity contribution >= 4 is 5.84 Å². The molecule has 0 aliphatic heterocycles. The maximum absolute atomic E-state index is 8.55. The minimum absolute atomic E-state index is 0.212. The second-order valence-electron chi connectivity index (χ2n) is 4.37. The van der Waals surface area contributed by atoms with E-state index in [1.54, 1.807) is 7.11 Å². The van der Waals surface area contributed by atoms with E-state index in [0.717, 1.165) is 17.7 Å². The predicted molar refractivity (Wildman–Crippen MR) is 72.2 cm³/mol. The molecule has 0 bridgehead atoms. The van der Waals surface area contributed by atoms with E-state index in [-0.39, 0.29) is 11.9 Å². The number of para-hydroxylation sites is 1. The van der Waals surface area contributed by atoms with Crippen molar-refractivity contribution in [2.45, 2.75) is 19.4 Å². The summed E-state index contributed by atoms with van der Waals surface area (Å²) in [5.41, 5.74) is 6.65. The molecule has 0 radical (unpaired) electrons. The number of hydrogen-bond donors (Lipinski definition) is 2. The number of hydrogen-bond acceptors (Lipinski definition) is 4. The summed E-state index contributed by atoms with van der Waals surface area (Å²) >= 11 is 0. The highest BCUT2D eigenvalue weighted by Gasteiger charge is 2.13. The van der Waals surface area contributed by atoms with Gasteiger partial charge in [-0.05, 0) is 32.0 Å². The fourth-order valence-electron chi connectivity index (χ4n) is 1.79. The first kappa shape index (κ1) is 14.3. The smallest absolute Gasteiger partial charge is 0.153 e.